The third-order valence-corrected chi connectivity index (χ3v) is 3.01. The van der Waals surface area contributed by atoms with Gasteiger partial charge in [0.2, 0.25) is 5.88 Å². The van der Waals surface area contributed by atoms with E-state index in [1.165, 1.54) is 0 Å². The number of ether oxygens (including phenoxy) is 2. The molecule has 0 atom stereocenters. The van der Waals surface area contributed by atoms with Crippen LogP contribution >= 0.6 is 0 Å². The number of hydrogen-bond donors (Lipinski definition) is 1. The van der Waals surface area contributed by atoms with Gasteiger partial charge in [0, 0.05) is 11.6 Å². The molecule has 0 spiro atoms. The molecule has 0 aliphatic rings. The minimum atomic E-state index is 0.0780. The smallest absolute Gasteiger partial charge is 0.227 e. The SMILES string of the molecule is COc1ccc2ccnc(Oc3ccccc3O)c2c1. The van der Waals surface area contributed by atoms with Gasteiger partial charge in [-0.25, -0.2) is 4.98 Å². The van der Waals surface area contributed by atoms with Crippen LogP contribution in [0.4, 0.5) is 0 Å². The molecule has 3 aromatic rings. The van der Waals surface area contributed by atoms with Gasteiger partial charge in [-0.2, -0.15) is 0 Å². The number of hydrogen-bond acceptors (Lipinski definition) is 4. The topological polar surface area (TPSA) is 51.6 Å². The predicted octanol–water partition coefficient (Wildman–Crippen LogP) is 3.74. The van der Waals surface area contributed by atoms with Crippen LogP contribution in [0.5, 0.6) is 23.1 Å². The Morgan fingerprint density at radius 1 is 1.05 bits per heavy atom. The first-order chi connectivity index (χ1) is 9.78. The number of aromatic nitrogens is 1. The highest BCUT2D eigenvalue weighted by Gasteiger charge is 2.08. The first-order valence-corrected chi connectivity index (χ1v) is 6.16. The summed E-state index contributed by atoms with van der Waals surface area (Å²) in [6, 6.07) is 14.4. The molecule has 3 rings (SSSR count). The van der Waals surface area contributed by atoms with Crippen LogP contribution in [0.3, 0.4) is 0 Å². The summed E-state index contributed by atoms with van der Waals surface area (Å²) in [5, 5.41) is 11.6. The van der Waals surface area contributed by atoms with Gasteiger partial charge in [-0.1, -0.05) is 18.2 Å². The molecule has 0 radical (unpaired) electrons. The minimum Gasteiger partial charge on any atom is -0.504 e. The largest absolute Gasteiger partial charge is 0.504 e. The maximum absolute atomic E-state index is 9.77. The van der Waals surface area contributed by atoms with Gasteiger partial charge >= 0.3 is 0 Å². The van der Waals surface area contributed by atoms with E-state index in [9.17, 15) is 5.11 Å². The molecule has 1 heterocycles. The highest BCUT2D eigenvalue weighted by atomic mass is 16.5. The molecule has 4 heteroatoms. The van der Waals surface area contributed by atoms with Crippen molar-refractivity contribution in [2.45, 2.75) is 0 Å². The van der Waals surface area contributed by atoms with Crippen molar-refractivity contribution in [3.8, 4) is 23.1 Å². The van der Waals surface area contributed by atoms with Crippen molar-refractivity contribution >= 4 is 10.8 Å². The number of rotatable bonds is 3. The van der Waals surface area contributed by atoms with Crippen molar-refractivity contribution in [1.82, 2.24) is 4.98 Å². The Bertz CT molecular complexity index is 756. The van der Waals surface area contributed by atoms with Gasteiger partial charge in [0.05, 0.1) is 7.11 Å². The molecule has 0 aliphatic carbocycles. The number of fused-ring (bicyclic) bond motifs is 1. The van der Waals surface area contributed by atoms with Crippen molar-refractivity contribution in [2.24, 2.45) is 0 Å². The molecule has 2 aromatic carbocycles. The lowest BCUT2D eigenvalue weighted by molar-refractivity contribution is 0.404. The van der Waals surface area contributed by atoms with E-state index in [-0.39, 0.29) is 5.75 Å². The standard InChI is InChI=1S/C16H13NO3/c1-19-12-7-6-11-8-9-17-16(13(11)10-12)20-15-5-3-2-4-14(15)18/h2-10,18H,1H3. The maximum Gasteiger partial charge on any atom is 0.227 e. The second-order valence-corrected chi connectivity index (χ2v) is 4.27. The average molecular weight is 267 g/mol. The van der Waals surface area contributed by atoms with Gasteiger partial charge in [0.25, 0.3) is 0 Å². The van der Waals surface area contributed by atoms with Crippen molar-refractivity contribution in [1.29, 1.82) is 0 Å². The Labute approximate surface area is 116 Å². The van der Waals surface area contributed by atoms with E-state index < -0.39 is 0 Å². The van der Waals surface area contributed by atoms with Crippen LogP contribution in [0.1, 0.15) is 0 Å². The highest BCUT2D eigenvalue weighted by molar-refractivity contribution is 5.88. The van der Waals surface area contributed by atoms with E-state index in [0.717, 1.165) is 16.5 Å². The molecule has 100 valence electrons. The molecule has 0 fully saturated rings. The fourth-order valence-electron chi connectivity index (χ4n) is 1.98. The van der Waals surface area contributed by atoms with E-state index in [1.54, 1.807) is 37.6 Å². The van der Waals surface area contributed by atoms with Gasteiger partial charge in [0.15, 0.2) is 11.5 Å². The zero-order valence-corrected chi connectivity index (χ0v) is 10.9. The van der Waals surface area contributed by atoms with Crippen LogP contribution in [0, 0.1) is 0 Å². The molecule has 0 aliphatic heterocycles. The lowest BCUT2D eigenvalue weighted by Crippen LogP contribution is -1.90. The third-order valence-electron chi connectivity index (χ3n) is 3.01. The van der Waals surface area contributed by atoms with Gasteiger partial charge in [-0.15, -0.1) is 0 Å². The summed E-state index contributed by atoms with van der Waals surface area (Å²) < 4.78 is 10.9. The van der Waals surface area contributed by atoms with E-state index in [1.807, 2.05) is 24.3 Å². The predicted molar refractivity (Wildman–Crippen MR) is 76.5 cm³/mol. The molecule has 4 nitrogen and oxygen atoms in total. The van der Waals surface area contributed by atoms with E-state index in [0.29, 0.717) is 11.6 Å². The fraction of sp³-hybridized carbons (Fsp3) is 0.0625. The van der Waals surface area contributed by atoms with Crippen LogP contribution in [0.25, 0.3) is 10.8 Å². The zero-order valence-electron chi connectivity index (χ0n) is 10.9. The van der Waals surface area contributed by atoms with Crippen LogP contribution in [-0.2, 0) is 0 Å². The Balaban J connectivity index is 2.09. The van der Waals surface area contributed by atoms with Gasteiger partial charge in [-0.05, 0) is 35.7 Å². The molecule has 1 N–H and O–H groups in total. The Morgan fingerprint density at radius 2 is 1.90 bits per heavy atom. The highest BCUT2D eigenvalue weighted by Crippen LogP contribution is 2.34. The first kappa shape index (κ1) is 12.3. The number of para-hydroxylation sites is 2. The molecule has 0 saturated heterocycles. The van der Waals surface area contributed by atoms with Crippen molar-refractivity contribution in [3.63, 3.8) is 0 Å². The minimum absolute atomic E-state index is 0.0780. The average Bonchev–Trinajstić information content (AvgIpc) is 2.49. The van der Waals surface area contributed by atoms with Crippen LogP contribution in [0.15, 0.2) is 54.7 Å². The summed E-state index contributed by atoms with van der Waals surface area (Å²) >= 11 is 0. The number of phenols is 1. The van der Waals surface area contributed by atoms with E-state index >= 15 is 0 Å². The number of benzene rings is 2. The lowest BCUT2D eigenvalue weighted by atomic mass is 10.1. The van der Waals surface area contributed by atoms with Crippen LogP contribution < -0.4 is 9.47 Å². The fourth-order valence-corrected chi connectivity index (χ4v) is 1.98. The summed E-state index contributed by atoms with van der Waals surface area (Å²) in [5.41, 5.74) is 0. The number of nitrogens with zero attached hydrogens (tertiary/aromatic N) is 1. The van der Waals surface area contributed by atoms with E-state index in [4.69, 9.17) is 9.47 Å². The number of pyridine rings is 1. The van der Waals surface area contributed by atoms with Crippen LogP contribution in [-0.4, -0.2) is 17.2 Å². The molecular weight excluding hydrogens is 254 g/mol. The van der Waals surface area contributed by atoms with Gasteiger partial charge in [0.1, 0.15) is 5.75 Å². The van der Waals surface area contributed by atoms with Crippen molar-refractivity contribution < 1.29 is 14.6 Å². The lowest BCUT2D eigenvalue weighted by Gasteiger charge is -2.09. The summed E-state index contributed by atoms with van der Waals surface area (Å²) in [5.74, 6) is 1.61. The maximum atomic E-state index is 9.77. The molecule has 0 bridgehead atoms. The normalized spacial score (nSPS) is 10.4. The summed E-state index contributed by atoms with van der Waals surface area (Å²) in [7, 11) is 1.61. The van der Waals surface area contributed by atoms with Crippen LogP contribution in [0.2, 0.25) is 0 Å². The second-order valence-electron chi connectivity index (χ2n) is 4.27. The van der Waals surface area contributed by atoms with Crippen molar-refractivity contribution in [2.75, 3.05) is 7.11 Å². The summed E-state index contributed by atoms with van der Waals surface area (Å²) in [6.07, 6.45) is 1.67. The molecular formula is C16H13NO3. The second kappa shape index (κ2) is 5.09. The first-order valence-electron chi connectivity index (χ1n) is 6.16. The van der Waals surface area contributed by atoms with Crippen molar-refractivity contribution in [3.05, 3.63) is 54.7 Å². The van der Waals surface area contributed by atoms with Gasteiger partial charge < -0.3 is 14.6 Å². The summed E-state index contributed by atoms with van der Waals surface area (Å²) in [4.78, 5) is 4.23. The number of methoxy groups -OCH3 is 1. The third kappa shape index (κ3) is 2.23. The monoisotopic (exact) mass is 267 g/mol. The Kier molecular flexibility index (Phi) is 3.13. The van der Waals surface area contributed by atoms with E-state index in [2.05, 4.69) is 4.98 Å². The molecule has 0 unspecified atom stereocenters. The number of phenolic OH excluding ortho intramolecular Hbond substituents is 1. The molecule has 20 heavy (non-hydrogen) atoms. The number of aromatic hydroxyl groups is 1. The summed E-state index contributed by atoms with van der Waals surface area (Å²) in [6.45, 7) is 0. The molecule has 1 aromatic heterocycles. The molecule has 0 amide bonds. The quantitative estimate of drug-likeness (QED) is 0.785. The Hall–Kier alpha value is -2.75. The van der Waals surface area contributed by atoms with Gasteiger partial charge in [-0.3, -0.25) is 0 Å². The molecule has 0 saturated carbocycles. The Morgan fingerprint density at radius 3 is 2.70 bits per heavy atom. The zero-order chi connectivity index (χ0) is 13.9.